The molecule has 2 saturated carbocycles. The van der Waals surface area contributed by atoms with Crippen molar-refractivity contribution in [3.05, 3.63) is 42.1 Å². The van der Waals surface area contributed by atoms with Crippen LogP contribution in [-0.2, 0) is 0 Å². The van der Waals surface area contributed by atoms with Crippen molar-refractivity contribution in [3.8, 4) is 10.6 Å². The summed E-state index contributed by atoms with van der Waals surface area (Å²) in [4.78, 5) is 16.6. The largest absolute Gasteiger partial charge is 0.396 e. The van der Waals surface area contributed by atoms with E-state index < -0.39 is 6.10 Å². The normalized spacial score (nSPS) is 23.5. The van der Waals surface area contributed by atoms with Crippen LogP contribution in [0.4, 0.5) is 11.8 Å². The number of rotatable bonds is 6. The number of nitrogens with zero attached hydrogens (tertiary/aromatic N) is 4. The first-order valence-electron chi connectivity index (χ1n) is 10.7. The smallest absolute Gasteiger partial charge is 0.227 e. The second kappa shape index (κ2) is 7.85. The Hall–Kier alpha value is -2.55. The molecule has 2 heterocycles. The molecule has 2 aliphatic rings. The van der Waals surface area contributed by atoms with Crippen LogP contribution in [0.3, 0.4) is 0 Å². The summed E-state index contributed by atoms with van der Waals surface area (Å²) < 4.78 is 1.13. The summed E-state index contributed by atoms with van der Waals surface area (Å²) in [5, 5.41) is 24.5. The Bertz CT molecular complexity index is 1110. The molecule has 0 spiro atoms. The van der Waals surface area contributed by atoms with Crippen LogP contribution in [0, 0.1) is 5.92 Å². The molecule has 2 aliphatic carbocycles. The van der Waals surface area contributed by atoms with E-state index in [2.05, 4.69) is 18.0 Å². The van der Waals surface area contributed by atoms with E-state index in [1.54, 1.807) is 11.3 Å². The van der Waals surface area contributed by atoms with Crippen molar-refractivity contribution < 1.29 is 10.2 Å². The van der Waals surface area contributed by atoms with Gasteiger partial charge in [0, 0.05) is 32.5 Å². The fraction of sp³-hybridized carbons (Fsp3) is 0.435. The van der Waals surface area contributed by atoms with E-state index in [0.717, 1.165) is 45.1 Å². The van der Waals surface area contributed by atoms with Gasteiger partial charge in [0.05, 0.1) is 33.6 Å². The fourth-order valence-electron chi connectivity index (χ4n) is 4.20. The number of nitrogens with one attached hydrogen (secondary N) is 1. The van der Waals surface area contributed by atoms with E-state index in [-0.39, 0.29) is 18.6 Å². The first-order valence-corrected chi connectivity index (χ1v) is 11.5. The van der Waals surface area contributed by atoms with Gasteiger partial charge < -0.3 is 20.4 Å². The molecule has 0 bridgehead atoms. The van der Waals surface area contributed by atoms with Crippen LogP contribution in [0.1, 0.15) is 30.9 Å². The molecule has 162 valence electrons. The number of aliphatic hydroxyl groups is 2. The third-order valence-electron chi connectivity index (χ3n) is 6.15. The average molecular weight is 438 g/mol. The van der Waals surface area contributed by atoms with E-state index >= 15 is 0 Å². The third-order valence-corrected chi connectivity index (χ3v) is 7.21. The number of aromatic nitrogens is 3. The molecular formula is C23H27N5O2S. The number of thiazole rings is 1. The molecule has 0 saturated heterocycles. The molecule has 2 aromatic heterocycles. The van der Waals surface area contributed by atoms with Crippen LogP contribution < -0.4 is 10.2 Å². The molecule has 7 nitrogen and oxygen atoms in total. The highest BCUT2D eigenvalue weighted by Crippen LogP contribution is 2.48. The molecule has 31 heavy (non-hydrogen) atoms. The third kappa shape index (κ3) is 3.69. The summed E-state index contributed by atoms with van der Waals surface area (Å²) in [5.74, 6) is 1.56. The second-order valence-electron chi connectivity index (χ2n) is 8.68. The lowest BCUT2D eigenvalue weighted by atomic mass is 10.1. The van der Waals surface area contributed by atoms with Gasteiger partial charge in [-0.1, -0.05) is 18.7 Å². The van der Waals surface area contributed by atoms with Crippen LogP contribution in [0.15, 0.2) is 36.4 Å². The predicted molar refractivity (Wildman–Crippen MR) is 125 cm³/mol. The van der Waals surface area contributed by atoms with Crippen molar-refractivity contribution in [1.82, 2.24) is 15.0 Å². The Morgan fingerprint density at radius 3 is 2.61 bits per heavy atom. The number of aliphatic hydroxyl groups excluding tert-OH is 2. The van der Waals surface area contributed by atoms with Crippen molar-refractivity contribution >= 4 is 33.3 Å². The first kappa shape index (κ1) is 20.4. The number of benzene rings is 1. The minimum absolute atomic E-state index is 0.0663. The molecule has 3 aromatic rings. The van der Waals surface area contributed by atoms with E-state index in [4.69, 9.17) is 15.0 Å². The summed E-state index contributed by atoms with van der Waals surface area (Å²) in [6, 6.07) is 7.95. The molecule has 8 heteroatoms. The summed E-state index contributed by atoms with van der Waals surface area (Å²) in [6.07, 6.45) is 2.12. The molecule has 1 aromatic carbocycles. The number of hydrogen-bond acceptors (Lipinski definition) is 8. The summed E-state index contributed by atoms with van der Waals surface area (Å²) >= 11 is 1.65. The molecule has 5 rings (SSSR count). The molecule has 0 unspecified atom stereocenters. The zero-order valence-corrected chi connectivity index (χ0v) is 18.6. The number of para-hydroxylation sites is 1. The first-order chi connectivity index (χ1) is 15.0. The SMILES string of the molecule is C=C1[C@H](Nc2nc(N(C)C)nc(C3CC3)c2-c2nc3ccccc3s2)C[C@H](CO)[C@H]1O. The topological polar surface area (TPSA) is 94.4 Å². The predicted octanol–water partition coefficient (Wildman–Crippen LogP) is 3.41. The zero-order valence-electron chi connectivity index (χ0n) is 17.7. The Labute approximate surface area is 185 Å². The van der Waals surface area contributed by atoms with Crippen molar-refractivity contribution in [1.29, 1.82) is 0 Å². The molecule has 3 atom stereocenters. The molecule has 0 amide bonds. The van der Waals surface area contributed by atoms with Crippen molar-refractivity contribution in [3.63, 3.8) is 0 Å². The van der Waals surface area contributed by atoms with Gasteiger partial charge in [0.1, 0.15) is 10.8 Å². The van der Waals surface area contributed by atoms with Crippen LogP contribution in [0.25, 0.3) is 20.8 Å². The highest BCUT2D eigenvalue weighted by atomic mass is 32.1. The van der Waals surface area contributed by atoms with E-state index in [1.165, 1.54) is 0 Å². The van der Waals surface area contributed by atoms with Crippen LogP contribution in [-0.4, -0.2) is 58.0 Å². The average Bonchev–Trinajstić information content (AvgIpc) is 3.47. The number of hydrogen-bond donors (Lipinski definition) is 3. The minimum atomic E-state index is -0.716. The van der Waals surface area contributed by atoms with Gasteiger partial charge in [-0.3, -0.25) is 0 Å². The van der Waals surface area contributed by atoms with Crippen LogP contribution >= 0.6 is 11.3 Å². The lowest BCUT2D eigenvalue weighted by Gasteiger charge is -2.21. The maximum atomic E-state index is 10.4. The Balaban J connectivity index is 1.64. The van der Waals surface area contributed by atoms with Gasteiger partial charge in [-0.2, -0.15) is 4.98 Å². The van der Waals surface area contributed by atoms with Gasteiger partial charge in [0.15, 0.2) is 0 Å². The minimum Gasteiger partial charge on any atom is -0.396 e. The van der Waals surface area contributed by atoms with Crippen molar-refractivity contribution in [2.24, 2.45) is 5.92 Å². The van der Waals surface area contributed by atoms with E-state index in [0.29, 0.717) is 23.9 Å². The van der Waals surface area contributed by atoms with Gasteiger partial charge in [0.25, 0.3) is 0 Å². The Kier molecular flexibility index (Phi) is 5.16. The van der Waals surface area contributed by atoms with Gasteiger partial charge in [-0.05, 0) is 37.0 Å². The lowest BCUT2D eigenvalue weighted by Crippen LogP contribution is -2.23. The van der Waals surface area contributed by atoms with Gasteiger partial charge in [-0.25, -0.2) is 9.97 Å². The highest BCUT2D eigenvalue weighted by Gasteiger charge is 2.38. The zero-order chi connectivity index (χ0) is 21.7. The van der Waals surface area contributed by atoms with Crippen LogP contribution in [0.2, 0.25) is 0 Å². The number of fused-ring (bicyclic) bond motifs is 1. The lowest BCUT2D eigenvalue weighted by molar-refractivity contribution is 0.111. The maximum Gasteiger partial charge on any atom is 0.227 e. The van der Waals surface area contributed by atoms with E-state index in [1.807, 2.05) is 37.2 Å². The van der Waals surface area contributed by atoms with Gasteiger partial charge >= 0.3 is 0 Å². The summed E-state index contributed by atoms with van der Waals surface area (Å²) in [6.45, 7) is 4.02. The standard InChI is InChI=1S/C23H27N5O2S/c1-12-16(10-14(11-29)20(12)30)24-21-18(22-25-15-6-4-5-7-17(15)31-22)19(13-8-9-13)26-23(27-21)28(2)3/h4-7,13-14,16,20,29-30H,1,8-11H2,2-3H3,(H,24,26,27)/t14-,16-,20+/m1/s1. The second-order valence-corrected chi connectivity index (χ2v) is 9.71. The molecule has 0 aliphatic heterocycles. The van der Waals surface area contributed by atoms with Crippen molar-refractivity contribution in [2.75, 3.05) is 30.9 Å². The highest BCUT2D eigenvalue weighted by molar-refractivity contribution is 7.21. The number of anilines is 2. The molecule has 3 N–H and O–H groups in total. The summed E-state index contributed by atoms with van der Waals surface area (Å²) in [7, 11) is 3.88. The molecule has 2 fully saturated rings. The van der Waals surface area contributed by atoms with Crippen LogP contribution in [0.5, 0.6) is 0 Å². The van der Waals surface area contributed by atoms with E-state index in [9.17, 15) is 10.2 Å². The van der Waals surface area contributed by atoms with Gasteiger partial charge in [-0.15, -0.1) is 11.3 Å². The maximum absolute atomic E-state index is 10.4. The van der Waals surface area contributed by atoms with Crippen molar-refractivity contribution in [2.45, 2.75) is 37.3 Å². The monoisotopic (exact) mass is 437 g/mol. The summed E-state index contributed by atoms with van der Waals surface area (Å²) in [5.41, 5.74) is 3.63. The fourth-order valence-corrected chi connectivity index (χ4v) is 5.22. The Morgan fingerprint density at radius 2 is 1.97 bits per heavy atom. The quantitative estimate of drug-likeness (QED) is 0.509. The van der Waals surface area contributed by atoms with Gasteiger partial charge in [0.2, 0.25) is 5.95 Å². The Morgan fingerprint density at radius 1 is 1.19 bits per heavy atom. The molecule has 0 radical (unpaired) electrons. The molecular weight excluding hydrogens is 410 g/mol.